The standard InChI is InChI=1S/C15H22N4O4/c1-14(2,3)23-13(22)18-6-4-15(5-7-18)10(11(20)21)8-19-9-16-17-12(15)19/h9-10H,4-8H2,1-3H3,(H,20,21)/t10-/m0/s1. The zero-order valence-corrected chi connectivity index (χ0v) is 13.7. The van der Waals surface area contributed by atoms with E-state index in [4.69, 9.17) is 4.74 Å². The van der Waals surface area contributed by atoms with E-state index in [0.717, 1.165) is 5.82 Å². The number of likely N-dealkylation sites (tertiary alicyclic amines) is 1. The molecule has 1 aromatic heterocycles. The Morgan fingerprint density at radius 3 is 2.57 bits per heavy atom. The number of hydrogen-bond donors (Lipinski definition) is 1. The molecule has 0 aliphatic carbocycles. The number of nitrogens with zero attached hydrogens (tertiary/aromatic N) is 4. The summed E-state index contributed by atoms with van der Waals surface area (Å²) >= 11 is 0. The Morgan fingerprint density at radius 1 is 1.35 bits per heavy atom. The van der Waals surface area contributed by atoms with Crippen LogP contribution in [0.4, 0.5) is 4.79 Å². The van der Waals surface area contributed by atoms with E-state index in [1.54, 1.807) is 11.2 Å². The van der Waals surface area contributed by atoms with Crippen LogP contribution in [-0.2, 0) is 21.5 Å². The second-order valence-electron chi connectivity index (χ2n) is 7.32. The maximum atomic E-state index is 12.2. The summed E-state index contributed by atoms with van der Waals surface area (Å²) in [4.78, 5) is 25.5. The van der Waals surface area contributed by atoms with Crippen LogP contribution in [0.25, 0.3) is 0 Å². The first kappa shape index (κ1) is 15.8. The van der Waals surface area contributed by atoms with Crippen LogP contribution in [0.1, 0.15) is 39.4 Å². The highest BCUT2D eigenvalue weighted by molar-refractivity contribution is 5.73. The van der Waals surface area contributed by atoms with Gasteiger partial charge in [-0.15, -0.1) is 10.2 Å². The average molecular weight is 322 g/mol. The summed E-state index contributed by atoms with van der Waals surface area (Å²) in [6, 6.07) is 0. The summed E-state index contributed by atoms with van der Waals surface area (Å²) in [7, 11) is 0. The van der Waals surface area contributed by atoms with E-state index in [1.807, 2.05) is 25.3 Å². The fourth-order valence-electron chi connectivity index (χ4n) is 3.60. The highest BCUT2D eigenvalue weighted by Gasteiger charge is 2.54. The quantitative estimate of drug-likeness (QED) is 0.836. The largest absolute Gasteiger partial charge is 0.481 e. The van der Waals surface area contributed by atoms with Crippen molar-refractivity contribution in [3.63, 3.8) is 0 Å². The van der Waals surface area contributed by atoms with Gasteiger partial charge in [-0.25, -0.2) is 4.79 Å². The van der Waals surface area contributed by atoms with Gasteiger partial charge in [0.15, 0.2) is 0 Å². The second-order valence-corrected chi connectivity index (χ2v) is 7.32. The molecule has 1 fully saturated rings. The number of rotatable bonds is 1. The van der Waals surface area contributed by atoms with Crippen LogP contribution in [0.5, 0.6) is 0 Å². The van der Waals surface area contributed by atoms with Crippen LogP contribution in [0.2, 0.25) is 0 Å². The zero-order valence-electron chi connectivity index (χ0n) is 13.7. The fraction of sp³-hybridized carbons (Fsp3) is 0.733. The third kappa shape index (κ3) is 2.66. The van der Waals surface area contributed by atoms with Gasteiger partial charge in [0.1, 0.15) is 17.8 Å². The number of amides is 1. The molecular weight excluding hydrogens is 300 g/mol. The molecule has 1 saturated heterocycles. The highest BCUT2D eigenvalue weighted by Crippen LogP contribution is 2.46. The smallest absolute Gasteiger partial charge is 0.410 e. The minimum atomic E-state index is -0.818. The van der Waals surface area contributed by atoms with Gasteiger partial charge in [0.05, 0.1) is 5.92 Å². The van der Waals surface area contributed by atoms with E-state index in [-0.39, 0.29) is 6.09 Å². The highest BCUT2D eigenvalue weighted by atomic mass is 16.6. The van der Waals surface area contributed by atoms with E-state index in [1.165, 1.54) is 0 Å². The van der Waals surface area contributed by atoms with Crippen molar-refractivity contribution in [2.75, 3.05) is 13.1 Å². The Kier molecular flexibility index (Phi) is 3.57. The van der Waals surface area contributed by atoms with Gasteiger partial charge < -0.3 is 19.3 Å². The molecule has 1 spiro atoms. The molecule has 0 aromatic carbocycles. The molecule has 1 amide bonds. The van der Waals surface area contributed by atoms with Crippen molar-refractivity contribution in [2.45, 2.75) is 51.2 Å². The molecule has 2 aliphatic heterocycles. The number of carboxylic acid groups (broad SMARTS) is 1. The van der Waals surface area contributed by atoms with Crippen molar-refractivity contribution in [2.24, 2.45) is 5.92 Å². The summed E-state index contributed by atoms with van der Waals surface area (Å²) in [5.74, 6) is -0.608. The third-order valence-electron chi connectivity index (χ3n) is 4.71. The Hall–Kier alpha value is -2.12. The summed E-state index contributed by atoms with van der Waals surface area (Å²) in [5, 5.41) is 17.6. The number of aromatic nitrogens is 3. The maximum absolute atomic E-state index is 12.2. The van der Waals surface area contributed by atoms with Crippen molar-refractivity contribution >= 4 is 12.1 Å². The second kappa shape index (κ2) is 5.21. The number of hydrogen-bond acceptors (Lipinski definition) is 5. The predicted molar refractivity (Wildman–Crippen MR) is 79.9 cm³/mol. The van der Waals surface area contributed by atoms with Gasteiger partial charge in [-0.1, -0.05) is 0 Å². The van der Waals surface area contributed by atoms with E-state index >= 15 is 0 Å². The van der Waals surface area contributed by atoms with Gasteiger partial charge in [0.25, 0.3) is 0 Å². The summed E-state index contributed by atoms with van der Waals surface area (Å²) in [6.45, 7) is 6.81. The number of carboxylic acids is 1. The van der Waals surface area contributed by atoms with E-state index < -0.39 is 22.9 Å². The molecule has 0 saturated carbocycles. The van der Waals surface area contributed by atoms with E-state index in [2.05, 4.69) is 10.2 Å². The molecule has 3 heterocycles. The number of ether oxygens (including phenoxy) is 1. The van der Waals surface area contributed by atoms with E-state index in [9.17, 15) is 14.7 Å². The lowest BCUT2D eigenvalue weighted by Gasteiger charge is -2.40. The average Bonchev–Trinajstić information content (AvgIpc) is 3.00. The van der Waals surface area contributed by atoms with Gasteiger partial charge in [-0.3, -0.25) is 4.79 Å². The van der Waals surface area contributed by atoms with Crippen molar-refractivity contribution in [3.05, 3.63) is 12.2 Å². The first-order valence-corrected chi connectivity index (χ1v) is 7.82. The van der Waals surface area contributed by atoms with Crippen molar-refractivity contribution < 1.29 is 19.4 Å². The molecule has 0 radical (unpaired) electrons. The lowest BCUT2D eigenvalue weighted by atomic mass is 9.70. The molecule has 2 aliphatic rings. The predicted octanol–water partition coefficient (Wildman–Crippen LogP) is 1.26. The van der Waals surface area contributed by atoms with Crippen LogP contribution in [0, 0.1) is 5.92 Å². The van der Waals surface area contributed by atoms with Crippen LogP contribution >= 0.6 is 0 Å². The van der Waals surface area contributed by atoms with Gasteiger partial charge in [-0.2, -0.15) is 0 Å². The zero-order chi connectivity index (χ0) is 16.8. The monoisotopic (exact) mass is 322 g/mol. The minimum absolute atomic E-state index is 0.348. The van der Waals surface area contributed by atoms with Gasteiger partial charge in [0, 0.05) is 25.0 Å². The van der Waals surface area contributed by atoms with Gasteiger partial charge in [0.2, 0.25) is 0 Å². The summed E-state index contributed by atoms with van der Waals surface area (Å²) in [5.41, 5.74) is -1.08. The molecular formula is C15H22N4O4. The number of fused-ring (bicyclic) bond motifs is 2. The topological polar surface area (TPSA) is 97.5 Å². The normalized spacial score (nSPS) is 22.9. The molecule has 8 nitrogen and oxygen atoms in total. The summed E-state index contributed by atoms with van der Waals surface area (Å²) < 4.78 is 7.22. The fourth-order valence-corrected chi connectivity index (χ4v) is 3.60. The lowest BCUT2D eigenvalue weighted by Crippen LogP contribution is -2.50. The van der Waals surface area contributed by atoms with Crippen molar-refractivity contribution in [3.8, 4) is 0 Å². The molecule has 8 heteroatoms. The van der Waals surface area contributed by atoms with Crippen LogP contribution in [-0.4, -0.2) is 55.5 Å². The molecule has 1 N–H and O–H groups in total. The van der Waals surface area contributed by atoms with Crippen molar-refractivity contribution in [1.82, 2.24) is 19.7 Å². The Labute approximate surface area is 134 Å². The van der Waals surface area contributed by atoms with E-state index in [0.29, 0.717) is 32.5 Å². The molecule has 23 heavy (non-hydrogen) atoms. The molecule has 0 unspecified atom stereocenters. The van der Waals surface area contributed by atoms with Gasteiger partial charge >= 0.3 is 12.1 Å². The number of piperidine rings is 1. The molecule has 126 valence electrons. The molecule has 1 atom stereocenters. The Balaban J connectivity index is 1.76. The molecule has 1 aromatic rings. The lowest BCUT2D eigenvalue weighted by molar-refractivity contribution is -0.145. The maximum Gasteiger partial charge on any atom is 0.410 e. The third-order valence-corrected chi connectivity index (χ3v) is 4.71. The summed E-state index contributed by atoms with van der Waals surface area (Å²) in [6.07, 6.45) is 2.35. The number of carbonyl (C=O) groups excluding carboxylic acids is 1. The molecule has 3 rings (SSSR count). The SMILES string of the molecule is CC(C)(C)OC(=O)N1CCC2(CC1)c1nncn1C[C@H]2C(=O)O. The van der Waals surface area contributed by atoms with Crippen LogP contribution < -0.4 is 0 Å². The minimum Gasteiger partial charge on any atom is -0.481 e. The Bertz CT molecular complexity index is 626. The van der Waals surface area contributed by atoms with Crippen LogP contribution in [0.15, 0.2) is 6.33 Å². The number of carbonyl (C=O) groups is 2. The number of aliphatic carboxylic acids is 1. The Morgan fingerprint density at radius 2 is 2.00 bits per heavy atom. The van der Waals surface area contributed by atoms with Crippen molar-refractivity contribution in [1.29, 1.82) is 0 Å². The van der Waals surface area contributed by atoms with Crippen LogP contribution in [0.3, 0.4) is 0 Å². The first-order valence-electron chi connectivity index (χ1n) is 7.82. The first-order chi connectivity index (χ1) is 10.7. The molecule has 0 bridgehead atoms. The van der Waals surface area contributed by atoms with Gasteiger partial charge in [-0.05, 0) is 33.6 Å².